The van der Waals surface area contributed by atoms with Crippen molar-refractivity contribution in [3.63, 3.8) is 0 Å². The molecule has 1 unspecified atom stereocenters. The van der Waals surface area contributed by atoms with Crippen molar-refractivity contribution in [2.75, 3.05) is 6.54 Å². The van der Waals surface area contributed by atoms with E-state index >= 15 is 0 Å². The van der Waals surface area contributed by atoms with Gasteiger partial charge < -0.3 is 5.32 Å². The van der Waals surface area contributed by atoms with E-state index in [4.69, 9.17) is 6.57 Å². The summed E-state index contributed by atoms with van der Waals surface area (Å²) in [5.41, 5.74) is 5.64. The zero-order valence-corrected chi connectivity index (χ0v) is 19.0. The minimum Gasteiger partial charge on any atom is -0.306 e. The fraction of sp³-hybridized carbons (Fsp3) is 0.259. The second-order valence-electron chi connectivity index (χ2n) is 8.88. The summed E-state index contributed by atoms with van der Waals surface area (Å²) in [6.45, 7) is 10.1. The van der Waals surface area contributed by atoms with Gasteiger partial charge in [-0.25, -0.2) is 9.53 Å². The first-order valence-electron chi connectivity index (χ1n) is 11.5. The average Bonchev–Trinajstić information content (AvgIpc) is 3.35. The van der Waals surface area contributed by atoms with Gasteiger partial charge in [0.15, 0.2) is 11.5 Å². The molecule has 7 nitrogen and oxygen atoms in total. The van der Waals surface area contributed by atoms with E-state index in [-0.39, 0.29) is 18.2 Å². The summed E-state index contributed by atoms with van der Waals surface area (Å²) in [6.07, 6.45) is 6.60. The van der Waals surface area contributed by atoms with Gasteiger partial charge >= 0.3 is 0 Å². The average molecular weight is 451 g/mol. The Hall–Kier alpha value is -4.02. The zero-order valence-electron chi connectivity index (χ0n) is 19.0. The summed E-state index contributed by atoms with van der Waals surface area (Å²) in [5.74, 6) is 0.737. The minimum atomic E-state index is -0.0169. The first-order valence-corrected chi connectivity index (χ1v) is 11.5. The lowest BCUT2D eigenvalue weighted by atomic mass is 9.97. The highest BCUT2D eigenvalue weighted by Crippen LogP contribution is 2.30. The maximum atomic E-state index is 13.4. The predicted octanol–water partition coefficient (Wildman–Crippen LogP) is 4.97. The number of H-pyrrole nitrogens is 1. The molecule has 0 saturated heterocycles. The molecule has 34 heavy (non-hydrogen) atoms. The Labute approximate surface area is 198 Å². The number of aryl methyl sites for hydroxylation is 1. The van der Waals surface area contributed by atoms with E-state index in [1.165, 1.54) is 12.8 Å². The van der Waals surface area contributed by atoms with E-state index in [0.29, 0.717) is 17.1 Å². The molecule has 0 amide bonds. The van der Waals surface area contributed by atoms with Crippen molar-refractivity contribution in [2.45, 2.75) is 32.2 Å². The van der Waals surface area contributed by atoms with Crippen molar-refractivity contribution in [3.8, 4) is 5.69 Å². The molecule has 1 saturated carbocycles. The van der Waals surface area contributed by atoms with E-state index in [1.807, 2.05) is 49.6 Å². The molecule has 2 aromatic heterocycles. The van der Waals surface area contributed by atoms with Crippen LogP contribution in [0.1, 0.15) is 51.8 Å². The number of carbonyl (C=O) groups is 1. The first-order chi connectivity index (χ1) is 16.6. The molecule has 1 atom stereocenters. The summed E-state index contributed by atoms with van der Waals surface area (Å²) in [4.78, 5) is 16.9. The van der Waals surface area contributed by atoms with Crippen LogP contribution in [-0.4, -0.2) is 32.3 Å². The van der Waals surface area contributed by atoms with E-state index < -0.39 is 0 Å². The van der Waals surface area contributed by atoms with Crippen LogP contribution >= 0.6 is 0 Å². The van der Waals surface area contributed by atoms with E-state index in [2.05, 4.69) is 37.6 Å². The number of benzene rings is 2. The standard InChI is InChI=1S/C27H26N6O/c1-18-11-25(33(32-18)24-8-4-7-23(14-24)28-2)26(34)13-20-5-3-6-21(12-20)27(22-16-30-31-17-22)29-15-19-9-10-19/h3-8,11-12,14,16-17,19,27,29H,9-10,13,15H2,1H3,(H,30,31). The number of hydrogen-bond donors (Lipinski definition) is 2. The van der Waals surface area contributed by atoms with Crippen LogP contribution in [0.15, 0.2) is 67.0 Å². The molecule has 0 radical (unpaired) electrons. The molecule has 7 heteroatoms. The molecule has 170 valence electrons. The molecule has 5 rings (SSSR count). The number of aromatic nitrogens is 4. The first kappa shape index (κ1) is 21.8. The Bertz CT molecular complexity index is 1340. The van der Waals surface area contributed by atoms with Gasteiger partial charge in [-0.3, -0.25) is 9.89 Å². The Balaban J connectivity index is 1.40. The van der Waals surface area contributed by atoms with Crippen LogP contribution < -0.4 is 5.32 Å². The van der Waals surface area contributed by atoms with Crippen molar-refractivity contribution in [1.29, 1.82) is 0 Å². The Morgan fingerprint density at radius 3 is 2.82 bits per heavy atom. The molecular formula is C27H26N6O. The van der Waals surface area contributed by atoms with Gasteiger partial charge in [0.2, 0.25) is 0 Å². The van der Waals surface area contributed by atoms with Crippen molar-refractivity contribution >= 4 is 11.5 Å². The van der Waals surface area contributed by atoms with Gasteiger partial charge in [-0.05, 0) is 61.6 Å². The monoisotopic (exact) mass is 450 g/mol. The van der Waals surface area contributed by atoms with Gasteiger partial charge in [0.05, 0.1) is 30.2 Å². The van der Waals surface area contributed by atoms with Crippen molar-refractivity contribution in [1.82, 2.24) is 25.3 Å². The maximum Gasteiger partial charge on any atom is 0.189 e. The van der Waals surface area contributed by atoms with Gasteiger partial charge in [-0.1, -0.05) is 36.4 Å². The number of hydrogen-bond acceptors (Lipinski definition) is 4. The van der Waals surface area contributed by atoms with Crippen LogP contribution in [-0.2, 0) is 6.42 Å². The lowest BCUT2D eigenvalue weighted by Crippen LogP contribution is -2.24. The molecule has 0 bridgehead atoms. The van der Waals surface area contributed by atoms with E-state index in [1.54, 1.807) is 16.8 Å². The highest BCUT2D eigenvalue weighted by atomic mass is 16.1. The highest BCUT2D eigenvalue weighted by molar-refractivity contribution is 5.96. The third-order valence-electron chi connectivity index (χ3n) is 6.13. The number of ketones is 1. The highest BCUT2D eigenvalue weighted by Gasteiger charge is 2.24. The molecule has 1 aliphatic carbocycles. The third-order valence-corrected chi connectivity index (χ3v) is 6.13. The van der Waals surface area contributed by atoms with Crippen molar-refractivity contribution in [2.24, 2.45) is 5.92 Å². The lowest BCUT2D eigenvalue weighted by molar-refractivity contribution is 0.0985. The van der Waals surface area contributed by atoms with Crippen LogP contribution in [0, 0.1) is 19.4 Å². The number of aromatic amines is 1. The maximum absolute atomic E-state index is 13.4. The van der Waals surface area contributed by atoms with Crippen LogP contribution in [0.2, 0.25) is 0 Å². The lowest BCUT2D eigenvalue weighted by Gasteiger charge is -2.19. The summed E-state index contributed by atoms with van der Waals surface area (Å²) >= 11 is 0. The number of nitrogens with zero attached hydrogens (tertiary/aromatic N) is 4. The fourth-order valence-corrected chi connectivity index (χ4v) is 4.20. The minimum absolute atomic E-state index is 0.0169. The summed E-state index contributed by atoms with van der Waals surface area (Å²) in [6, 6.07) is 17.2. The van der Waals surface area contributed by atoms with E-state index in [9.17, 15) is 4.79 Å². The normalized spacial score (nSPS) is 14.0. The van der Waals surface area contributed by atoms with Crippen LogP contribution in [0.3, 0.4) is 0 Å². The predicted molar refractivity (Wildman–Crippen MR) is 130 cm³/mol. The van der Waals surface area contributed by atoms with Gasteiger partial charge in [0.25, 0.3) is 0 Å². The summed E-state index contributed by atoms with van der Waals surface area (Å²) in [7, 11) is 0. The molecule has 4 aromatic rings. The summed E-state index contributed by atoms with van der Waals surface area (Å²) in [5, 5.41) is 15.2. The Kier molecular flexibility index (Phi) is 6.07. The van der Waals surface area contributed by atoms with Crippen LogP contribution in [0.5, 0.6) is 0 Å². The molecular weight excluding hydrogens is 424 g/mol. The quantitative estimate of drug-likeness (QED) is 0.279. The molecule has 0 aliphatic heterocycles. The van der Waals surface area contributed by atoms with E-state index in [0.717, 1.165) is 34.8 Å². The second kappa shape index (κ2) is 9.46. The topological polar surface area (TPSA) is 80.0 Å². The van der Waals surface area contributed by atoms with Gasteiger partial charge in [0.1, 0.15) is 5.69 Å². The summed E-state index contributed by atoms with van der Waals surface area (Å²) < 4.78 is 1.64. The molecule has 1 fully saturated rings. The third kappa shape index (κ3) is 4.82. The smallest absolute Gasteiger partial charge is 0.189 e. The van der Waals surface area contributed by atoms with Crippen molar-refractivity contribution < 1.29 is 4.79 Å². The van der Waals surface area contributed by atoms with Gasteiger partial charge in [0, 0.05) is 18.2 Å². The van der Waals surface area contributed by atoms with Crippen LogP contribution in [0.25, 0.3) is 10.5 Å². The Morgan fingerprint density at radius 1 is 1.21 bits per heavy atom. The SMILES string of the molecule is [C-]#[N+]c1cccc(-n2nc(C)cc2C(=O)Cc2cccc(C(NCC3CC3)c3cn[nH]c3)c2)c1. The zero-order chi connectivity index (χ0) is 23.5. The number of Topliss-reactive ketones (excluding diaryl/α,β-unsaturated/α-hetero) is 1. The molecule has 2 N–H and O–H groups in total. The second-order valence-corrected chi connectivity index (χ2v) is 8.88. The number of carbonyl (C=O) groups excluding carboxylic acids is 1. The van der Waals surface area contributed by atoms with Crippen LogP contribution in [0.4, 0.5) is 5.69 Å². The molecule has 2 heterocycles. The fourth-order valence-electron chi connectivity index (χ4n) is 4.20. The van der Waals surface area contributed by atoms with Gasteiger partial charge in [-0.2, -0.15) is 10.2 Å². The largest absolute Gasteiger partial charge is 0.306 e. The molecule has 0 spiro atoms. The van der Waals surface area contributed by atoms with Crippen molar-refractivity contribution in [3.05, 3.63) is 106 Å². The number of rotatable bonds is 9. The number of nitrogens with one attached hydrogen (secondary N) is 2. The molecule has 1 aliphatic rings. The Morgan fingerprint density at radius 2 is 2.06 bits per heavy atom. The van der Waals surface area contributed by atoms with Gasteiger partial charge in [-0.15, -0.1) is 0 Å². The molecule has 2 aromatic carbocycles.